The quantitative estimate of drug-likeness (QED) is 0.675. The predicted octanol–water partition coefficient (Wildman–Crippen LogP) is 1.79. The molecule has 2 N–H and O–H groups in total. The second-order valence-corrected chi connectivity index (χ2v) is 9.78. The van der Waals surface area contributed by atoms with Gasteiger partial charge in [0.05, 0.1) is 0 Å². The maximum absolute atomic E-state index is 13.3. The second kappa shape index (κ2) is 5.86. The highest BCUT2D eigenvalue weighted by Gasteiger charge is 2.70. The lowest BCUT2D eigenvalue weighted by Gasteiger charge is -2.63. The molecule has 4 rings (SSSR count). The molecule has 27 heavy (non-hydrogen) atoms. The number of carbonyl (C=O) groups is 3. The maximum Gasteiger partial charge on any atom is 0.302 e. The van der Waals surface area contributed by atoms with Gasteiger partial charge in [0.15, 0.2) is 5.78 Å². The molecule has 0 saturated heterocycles. The molecular weight excluding hydrogens is 348 g/mol. The van der Waals surface area contributed by atoms with Crippen LogP contribution in [-0.4, -0.2) is 45.6 Å². The summed E-state index contributed by atoms with van der Waals surface area (Å²) in [6.07, 6.45) is 1.94. The lowest BCUT2D eigenvalue weighted by molar-refractivity contribution is -0.250. The number of ether oxygens (including phenoxy) is 1. The molecule has 4 aliphatic carbocycles. The Kier molecular flexibility index (Phi) is 4.14. The summed E-state index contributed by atoms with van der Waals surface area (Å²) in [5.41, 5.74) is -2.70. The highest BCUT2D eigenvalue weighted by atomic mass is 16.5. The SMILES string of the molecule is CC(=O)O[C@H]1CC[C@]2(C)[C@H]3CC[C@]4(C)C(=O)CC[C@H]4[C@@H]3C(=O)[C@H](O)[C@@]2(O)C1. The summed E-state index contributed by atoms with van der Waals surface area (Å²) in [6, 6.07) is 0. The maximum atomic E-state index is 13.3. The topological polar surface area (TPSA) is 101 Å². The molecule has 6 nitrogen and oxygen atoms in total. The summed E-state index contributed by atoms with van der Waals surface area (Å²) in [7, 11) is 0. The van der Waals surface area contributed by atoms with Gasteiger partial charge in [0.25, 0.3) is 0 Å². The molecule has 0 aromatic rings. The average Bonchev–Trinajstić information content (AvgIpc) is 2.90. The van der Waals surface area contributed by atoms with Crippen molar-refractivity contribution >= 4 is 17.5 Å². The summed E-state index contributed by atoms with van der Waals surface area (Å²) < 4.78 is 5.30. The highest BCUT2D eigenvalue weighted by molar-refractivity contribution is 5.93. The van der Waals surface area contributed by atoms with Gasteiger partial charge in [-0.2, -0.15) is 0 Å². The molecule has 0 spiro atoms. The molecule has 6 heteroatoms. The number of hydrogen-bond donors (Lipinski definition) is 2. The van der Waals surface area contributed by atoms with Crippen molar-refractivity contribution in [3.63, 3.8) is 0 Å². The van der Waals surface area contributed by atoms with E-state index in [0.717, 1.165) is 6.42 Å². The van der Waals surface area contributed by atoms with E-state index in [4.69, 9.17) is 4.74 Å². The number of carbonyl (C=O) groups excluding carboxylic acids is 3. The number of hydrogen-bond acceptors (Lipinski definition) is 6. The van der Waals surface area contributed by atoms with Crippen LogP contribution in [0.25, 0.3) is 0 Å². The third kappa shape index (κ3) is 2.35. The lowest BCUT2D eigenvalue weighted by atomic mass is 9.42. The largest absolute Gasteiger partial charge is 0.462 e. The van der Waals surface area contributed by atoms with E-state index in [0.29, 0.717) is 32.1 Å². The van der Waals surface area contributed by atoms with Crippen LogP contribution in [0.4, 0.5) is 0 Å². The highest BCUT2D eigenvalue weighted by Crippen LogP contribution is 2.65. The van der Waals surface area contributed by atoms with E-state index in [2.05, 4.69) is 0 Å². The van der Waals surface area contributed by atoms with Gasteiger partial charge in [0.2, 0.25) is 0 Å². The Balaban J connectivity index is 1.71. The summed E-state index contributed by atoms with van der Waals surface area (Å²) in [6.45, 7) is 5.28. The average molecular weight is 378 g/mol. The van der Waals surface area contributed by atoms with Crippen molar-refractivity contribution in [1.82, 2.24) is 0 Å². The van der Waals surface area contributed by atoms with E-state index >= 15 is 0 Å². The molecule has 0 aliphatic heterocycles. The van der Waals surface area contributed by atoms with Crippen molar-refractivity contribution in [1.29, 1.82) is 0 Å². The van der Waals surface area contributed by atoms with Gasteiger partial charge in [-0.15, -0.1) is 0 Å². The van der Waals surface area contributed by atoms with E-state index in [1.165, 1.54) is 6.92 Å². The number of Topliss-reactive ketones (excluding diaryl/α,β-unsaturated/α-hetero) is 2. The number of aliphatic hydroxyl groups excluding tert-OH is 1. The zero-order valence-corrected chi connectivity index (χ0v) is 16.4. The number of esters is 1. The molecule has 4 saturated carbocycles. The minimum absolute atomic E-state index is 0.0431. The van der Waals surface area contributed by atoms with Crippen molar-refractivity contribution < 1.29 is 29.3 Å². The van der Waals surface area contributed by atoms with Gasteiger partial charge in [-0.05, 0) is 43.9 Å². The molecule has 0 radical (unpaired) electrons. The van der Waals surface area contributed by atoms with E-state index in [-0.39, 0.29) is 35.7 Å². The fourth-order valence-corrected chi connectivity index (χ4v) is 7.07. The Bertz CT molecular complexity index is 703. The monoisotopic (exact) mass is 378 g/mol. The third-order valence-corrected chi connectivity index (χ3v) is 8.69. The van der Waals surface area contributed by atoms with E-state index < -0.39 is 34.6 Å². The van der Waals surface area contributed by atoms with Crippen molar-refractivity contribution in [3.8, 4) is 0 Å². The number of aliphatic hydroxyl groups is 2. The van der Waals surface area contributed by atoms with Crippen LogP contribution in [0.2, 0.25) is 0 Å². The smallest absolute Gasteiger partial charge is 0.302 e. The van der Waals surface area contributed by atoms with Crippen LogP contribution in [0.1, 0.15) is 65.7 Å². The molecule has 0 unspecified atom stereocenters. The molecule has 8 atom stereocenters. The molecule has 150 valence electrons. The normalized spacial score (nSPS) is 52.0. The van der Waals surface area contributed by atoms with Crippen LogP contribution >= 0.6 is 0 Å². The molecule has 0 aromatic carbocycles. The fraction of sp³-hybridized carbons (Fsp3) is 0.857. The first-order valence-electron chi connectivity index (χ1n) is 10.2. The zero-order valence-electron chi connectivity index (χ0n) is 16.4. The Morgan fingerprint density at radius 3 is 2.48 bits per heavy atom. The molecule has 4 fully saturated rings. The van der Waals surface area contributed by atoms with Gasteiger partial charge in [0, 0.05) is 36.5 Å². The van der Waals surface area contributed by atoms with E-state index in [1.807, 2.05) is 13.8 Å². The minimum atomic E-state index is -1.60. The molecular formula is C21H30O6. The standard InChI is InChI=1S/C21H30O6/c1-11(22)27-12-6-9-20(3)14-7-8-19(2)13(4-5-15(19)23)16(14)17(24)18(25)21(20,26)10-12/h12-14,16,18,25-26H,4-10H2,1-3H3/t12-,13-,14-,16-,18-,19-,20+,21-/m0/s1. The van der Waals surface area contributed by atoms with Gasteiger partial charge in [-0.3, -0.25) is 14.4 Å². The third-order valence-electron chi connectivity index (χ3n) is 8.69. The van der Waals surface area contributed by atoms with Crippen molar-refractivity contribution in [3.05, 3.63) is 0 Å². The van der Waals surface area contributed by atoms with Crippen LogP contribution < -0.4 is 0 Å². The Labute approximate surface area is 159 Å². The number of fused-ring (bicyclic) bond motifs is 5. The van der Waals surface area contributed by atoms with Crippen molar-refractivity contribution in [2.45, 2.75) is 83.5 Å². The first-order chi connectivity index (χ1) is 12.5. The summed E-state index contributed by atoms with van der Waals surface area (Å²) in [5, 5.41) is 22.5. The summed E-state index contributed by atoms with van der Waals surface area (Å²) >= 11 is 0. The Hall–Kier alpha value is -1.27. The van der Waals surface area contributed by atoms with Gasteiger partial charge in [0.1, 0.15) is 23.6 Å². The molecule has 0 heterocycles. The van der Waals surface area contributed by atoms with Crippen molar-refractivity contribution in [2.24, 2.45) is 28.6 Å². The van der Waals surface area contributed by atoms with Gasteiger partial charge in [-0.1, -0.05) is 13.8 Å². The summed E-state index contributed by atoms with van der Waals surface area (Å²) in [5.74, 6) is -0.980. The number of rotatable bonds is 1. The van der Waals surface area contributed by atoms with Crippen LogP contribution in [0.5, 0.6) is 0 Å². The van der Waals surface area contributed by atoms with Crippen molar-refractivity contribution in [2.75, 3.05) is 0 Å². The van der Waals surface area contributed by atoms with Crippen LogP contribution in [0.3, 0.4) is 0 Å². The first kappa shape index (κ1) is 19.1. The van der Waals surface area contributed by atoms with E-state index in [9.17, 15) is 24.6 Å². The van der Waals surface area contributed by atoms with Gasteiger partial charge in [-0.25, -0.2) is 0 Å². The lowest BCUT2D eigenvalue weighted by Crippen LogP contribution is -2.72. The zero-order chi connectivity index (χ0) is 19.8. The Morgan fingerprint density at radius 2 is 1.81 bits per heavy atom. The molecule has 0 aromatic heterocycles. The molecule has 4 aliphatic rings. The summed E-state index contributed by atoms with van der Waals surface area (Å²) in [4.78, 5) is 37.1. The fourth-order valence-electron chi connectivity index (χ4n) is 7.07. The van der Waals surface area contributed by atoms with Crippen LogP contribution in [0.15, 0.2) is 0 Å². The first-order valence-corrected chi connectivity index (χ1v) is 10.2. The van der Waals surface area contributed by atoms with E-state index in [1.54, 1.807) is 0 Å². The molecule has 0 bridgehead atoms. The second-order valence-electron chi connectivity index (χ2n) is 9.78. The van der Waals surface area contributed by atoms with Gasteiger partial charge >= 0.3 is 5.97 Å². The molecule has 0 amide bonds. The predicted molar refractivity (Wildman–Crippen MR) is 95.5 cm³/mol. The van der Waals surface area contributed by atoms with Gasteiger partial charge < -0.3 is 14.9 Å². The Morgan fingerprint density at radius 1 is 1.11 bits per heavy atom. The van der Waals surface area contributed by atoms with Crippen LogP contribution in [0, 0.1) is 28.6 Å². The van der Waals surface area contributed by atoms with Crippen LogP contribution in [-0.2, 0) is 19.1 Å². The number of ketones is 2. The minimum Gasteiger partial charge on any atom is -0.462 e.